The molecule has 0 heterocycles. The summed E-state index contributed by atoms with van der Waals surface area (Å²) in [5.74, 6) is 0. The molecule has 15 heavy (non-hydrogen) atoms. The van der Waals surface area contributed by atoms with Crippen LogP contribution in [0.1, 0.15) is 32.1 Å². The number of carbonyl (C=O) groups excluding carboxylic acids is 1. The number of halogens is 3. The lowest BCUT2D eigenvalue weighted by atomic mass is 9.93. The molecule has 0 unspecified atom stereocenters. The second-order valence-electron chi connectivity index (χ2n) is 3.75. The largest absolute Gasteiger partial charge is 0.389 e. The van der Waals surface area contributed by atoms with Crippen molar-refractivity contribution in [2.75, 3.05) is 6.54 Å². The molecule has 2 amide bonds. The zero-order valence-corrected chi connectivity index (χ0v) is 8.36. The summed E-state index contributed by atoms with van der Waals surface area (Å²) in [6, 6.07) is -0.144. The summed E-state index contributed by atoms with van der Waals surface area (Å²) in [5, 5.41) is 5.09. The molecule has 0 radical (unpaired) electrons. The summed E-state index contributed by atoms with van der Waals surface area (Å²) < 4.78 is 35.2. The number of hydrogen-bond donors (Lipinski definition) is 2. The van der Waals surface area contributed by atoms with Gasteiger partial charge in [-0.05, 0) is 25.7 Å². The molecule has 88 valence electrons. The Morgan fingerprint density at radius 1 is 1.33 bits per heavy atom. The lowest BCUT2D eigenvalue weighted by Crippen LogP contribution is -2.45. The predicted octanol–water partition coefficient (Wildman–Crippen LogP) is 2.18. The number of carbonyl (C=O) groups is 1. The van der Waals surface area contributed by atoms with Crippen molar-refractivity contribution < 1.29 is 18.0 Å². The third-order valence-electron chi connectivity index (χ3n) is 2.36. The predicted molar refractivity (Wildman–Crippen MR) is 49.5 cm³/mol. The highest BCUT2D eigenvalue weighted by atomic mass is 19.4. The highest BCUT2D eigenvalue weighted by molar-refractivity contribution is 5.74. The molecule has 3 nitrogen and oxygen atoms in total. The lowest BCUT2D eigenvalue weighted by Gasteiger charge is -2.26. The van der Waals surface area contributed by atoms with Crippen LogP contribution >= 0.6 is 0 Å². The summed E-state index contributed by atoms with van der Waals surface area (Å²) >= 11 is 0. The maximum atomic E-state index is 11.7. The van der Waals surface area contributed by atoms with Crippen molar-refractivity contribution in [3.8, 4) is 0 Å². The van der Waals surface area contributed by atoms with Gasteiger partial charge in [0, 0.05) is 19.0 Å². The minimum Gasteiger partial charge on any atom is -0.338 e. The molecule has 0 saturated heterocycles. The van der Waals surface area contributed by atoms with Gasteiger partial charge in [-0.15, -0.1) is 0 Å². The molecule has 0 bridgehead atoms. The fourth-order valence-electron chi connectivity index (χ4n) is 1.28. The van der Waals surface area contributed by atoms with E-state index in [2.05, 4.69) is 10.6 Å². The Bertz CT molecular complexity index is 214. The van der Waals surface area contributed by atoms with Gasteiger partial charge in [0.25, 0.3) is 0 Å². The molecule has 1 saturated carbocycles. The quantitative estimate of drug-likeness (QED) is 0.706. The van der Waals surface area contributed by atoms with E-state index >= 15 is 0 Å². The van der Waals surface area contributed by atoms with Crippen LogP contribution in [0.25, 0.3) is 0 Å². The maximum absolute atomic E-state index is 11.7. The molecular weight excluding hydrogens is 209 g/mol. The topological polar surface area (TPSA) is 41.1 Å². The highest BCUT2D eigenvalue weighted by Crippen LogP contribution is 2.20. The summed E-state index contributed by atoms with van der Waals surface area (Å²) in [7, 11) is 0. The van der Waals surface area contributed by atoms with Crippen molar-refractivity contribution in [2.24, 2.45) is 0 Å². The van der Waals surface area contributed by atoms with E-state index in [-0.39, 0.29) is 25.0 Å². The first-order valence-corrected chi connectivity index (χ1v) is 5.08. The Morgan fingerprint density at radius 3 is 2.47 bits per heavy atom. The van der Waals surface area contributed by atoms with Gasteiger partial charge in [-0.3, -0.25) is 0 Å². The Labute approximate surface area is 86.4 Å². The van der Waals surface area contributed by atoms with E-state index in [4.69, 9.17) is 0 Å². The molecule has 2 N–H and O–H groups in total. The molecular formula is C9H15F3N2O. The normalized spacial score (nSPS) is 17.0. The van der Waals surface area contributed by atoms with E-state index in [0.29, 0.717) is 0 Å². The number of nitrogens with one attached hydrogen (secondary N) is 2. The molecule has 1 fully saturated rings. The van der Waals surface area contributed by atoms with Gasteiger partial charge in [-0.25, -0.2) is 4.79 Å². The fraction of sp³-hybridized carbons (Fsp3) is 0.889. The van der Waals surface area contributed by atoms with Crippen LogP contribution in [0.4, 0.5) is 18.0 Å². The van der Waals surface area contributed by atoms with Gasteiger partial charge >= 0.3 is 12.2 Å². The van der Waals surface area contributed by atoms with Crippen LogP contribution in [-0.2, 0) is 0 Å². The van der Waals surface area contributed by atoms with E-state index in [1.54, 1.807) is 0 Å². The number of alkyl halides is 3. The van der Waals surface area contributed by atoms with Gasteiger partial charge < -0.3 is 10.6 Å². The molecule has 6 heteroatoms. The number of rotatable bonds is 4. The van der Waals surface area contributed by atoms with E-state index in [1.807, 2.05) is 0 Å². The summed E-state index contributed by atoms with van der Waals surface area (Å²) in [4.78, 5) is 11.1. The molecule has 1 rings (SSSR count). The van der Waals surface area contributed by atoms with Crippen LogP contribution < -0.4 is 10.6 Å². The molecule has 0 aliphatic heterocycles. The van der Waals surface area contributed by atoms with E-state index in [1.165, 1.54) is 0 Å². The van der Waals surface area contributed by atoms with Gasteiger partial charge in [0.1, 0.15) is 0 Å². The number of hydrogen-bond acceptors (Lipinski definition) is 1. The highest BCUT2D eigenvalue weighted by Gasteiger charge is 2.26. The first-order valence-electron chi connectivity index (χ1n) is 5.08. The third-order valence-corrected chi connectivity index (χ3v) is 2.36. The molecule has 0 spiro atoms. The number of urea groups is 1. The molecule has 0 atom stereocenters. The van der Waals surface area contributed by atoms with Crippen molar-refractivity contribution in [1.82, 2.24) is 10.6 Å². The van der Waals surface area contributed by atoms with Crippen molar-refractivity contribution in [1.29, 1.82) is 0 Å². The standard InChI is InChI=1S/C9H15F3N2O/c10-9(11,12)5-2-6-13-8(15)14-7-3-1-4-7/h7H,1-6H2,(H2,13,14,15). The smallest absolute Gasteiger partial charge is 0.338 e. The first kappa shape index (κ1) is 12.1. The van der Waals surface area contributed by atoms with Crippen LogP contribution in [0.5, 0.6) is 0 Å². The Balaban J connectivity index is 1.97. The van der Waals surface area contributed by atoms with Crippen molar-refractivity contribution >= 4 is 6.03 Å². The van der Waals surface area contributed by atoms with Crippen molar-refractivity contribution in [3.63, 3.8) is 0 Å². The van der Waals surface area contributed by atoms with Crippen LogP contribution in [0, 0.1) is 0 Å². The molecule has 1 aliphatic rings. The first-order chi connectivity index (χ1) is 6.97. The van der Waals surface area contributed by atoms with Gasteiger partial charge in [-0.2, -0.15) is 13.2 Å². The summed E-state index contributed by atoms with van der Waals surface area (Å²) in [6.07, 6.45) is -2.00. The summed E-state index contributed by atoms with van der Waals surface area (Å²) in [5.41, 5.74) is 0. The lowest BCUT2D eigenvalue weighted by molar-refractivity contribution is -0.135. The second-order valence-corrected chi connectivity index (χ2v) is 3.75. The van der Waals surface area contributed by atoms with Gasteiger partial charge in [0.05, 0.1) is 0 Å². The second kappa shape index (κ2) is 5.23. The SMILES string of the molecule is O=C(NCCCC(F)(F)F)NC1CCC1. The molecule has 1 aliphatic carbocycles. The molecule has 0 aromatic heterocycles. The van der Waals surface area contributed by atoms with Crippen LogP contribution in [0.2, 0.25) is 0 Å². The maximum Gasteiger partial charge on any atom is 0.389 e. The Hall–Kier alpha value is -0.940. The molecule has 0 aromatic rings. The zero-order chi connectivity index (χ0) is 11.3. The van der Waals surface area contributed by atoms with Gasteiger partial charge in [0.2, 0.25) is 0 Å². The molecule has 0 aromatic carbocycles. The van der Waals surface area contributed by atoms with E-state index in [9.17, 15) is 18.0 Å². The van der Waals surface area contributed by atoms with Crippen LogP contribution in [-0.4, -0.2) is 24.8 Å². The Kier molecular flexibility index (Phi) is 4.23. The minimum atomic E-state index is -4.13. The van der Waals surface area contributed by atoms with Gasteiger partial charge in [0.15, 0.2) is 0 Å². The number of amides is 2. The van der Waals surface area contributed by atoms with Gasteiger partial charge in [-0.1, -0.05) is 0 Å². The minimum absolute atomic E-state index is 0.0675. The summed E-state index contributed by atoms with van der Waals surface area (Å²) in [6.45, 7) is 0.0675. The van der Waals surface area contributed by atoms with E-state index in [0.717, 1.165) is 19.3 Å². The average Bonchev–Trinajstić information content (AvgIpc) is 2.04. The zero-order valence-electron chi connectivity index (χ0n) is 8.36. The third kappa shape index (κ3) is 5.49. The fourth-order valence-corrected chi connectivity index (χ4v) is 1.28. The van der Waals surface area contributed by atoms with Crippen molar-refractivity contribution in [3.05, 3.63) is 0 Å². The monoisotopic (exact) mass is 224 g/mol. The van der Waals surface area contributed by atoms with Crippen LogP contribution in [0.15, 0.2) is 0 Å². The van der Waals surface area contributed by atoms with Crippen molar-refractivity contribution in [2.45, 2.75) is 44.3 Å². The average molecular weight is 224 g/mol. The Morgan fingerprint density at radius 2 is 2.00 bits per heavy atom. The van der Waals surface area contributed by atoms with E-state index < -0.39 is 12.6 Å². The van der Waals surface area contributed by atoms with Crippen LogP contribution in [0.3, 0.4) is 0 Å².